The maximum atomic E-state index is 9.41. The minimum atomic E-state index is 0.270. The van der Waals surface area contributed by atoms with Gasteiger partial charge in [-0.05, 0) is 66.1 Å². The maximum Gasteiger partial charge on any atom is 0.115 e. The smallest absolute Gasteiger partial charge is 0.115 e. The van der Waals surface area contributed by atoms with Crippen molar-refractivity contribution in [3.05, 3.63) is 60.8 Å². The Kier molecular flexibility index (Phi) is 3.40. The highest BCUT2D eigenvalue weighted by Gasteiger charge is 2.09. The first-order valence-corrected chi connectivity index (χ1v) is 6.96. The fourth-order valence-corrected chi connectivity index (χ4v) is 2.46. The van der Waals surface area contributed by atoms with Crippen molar-refractivity contribution in [3.63, 3.8) is 0 Å². The largest absolute Gasteiger partial charge is 0.508 e. The molecule has 0 fully saturated rings. The van der Waals surface area contributed by atoms with E-state index in [0.717, 1.165) is 28.9 Å². The summed E-state index contributed by atoms with van der Waals surface area (Å²) < 4.78 is 2.18. The van der Waals surface area contributed by atoms with Gasteiger partial charge in [0.2, 0.25) is 0 Å². The molecule has 0 aliphatic carbocycles. The molecule has 0 bridgehead atoms. The molecule has 0 saturated carbocycles. The molecule has 3 heteroatoms. The number of phenolic OH excluding ortho intramolecular Hbond substituents is 2. The second-order valence-corrected chi connectivity index (χ2v) is 4.99. The van der Waals surface area contributed by atoms with Gasteiger partial charge in [-0.15, -0.1) is 0 Å². The summed E-state index contributed by atoms with van der Waals surface area (Å²) in [6.07, 6.45) is 2.11. The van der Waals surface area contributed by atoms with Crippen LogP contribution in [0.2, 0.25) is 0 Å². The quantitative estimate of drug-likeness (QED) is 0.752. The summed E-state index contributed by atoms with van der Waals surface area (Å²) >= 11 is 0. The fraction of sp³-hybridized carbons (Fsp3) is 0.111. The Morgan fingerprint density at radius 1 is 0.762 bits per heavy atom. The lowest BCUT2D eigenvalue weighted by molar-refractivity contribution is 0.475. The van der Waals surface area contributed by atoms with Gasteiger partial charge in [0.05, 0.1) is 0 Å². The topological polar surface area (TPSA) is 45.4 Å². The molecule has 1 aromatic heterocycles. The van der Waals surface area contributed by atoms with Crippen LogP contribution >= 0.6 is 0 Å². The van der Waals surface area contributed by atoms with Crippen molar-refractivity contribution in [1.82, 2.24) is 4.57 Å². The molecule has 2 N–H and O–H groups in total. The molecule has 0 aliphatic rings. The van der Waals surface area contributed by atoms with E-state index in [1.807, 2.05) is 24.3 Å². The molecule has 0 atom stereocenters. The molecule has 3 nitrogen and oxygen atoms in total. The Balaban J connectivity index is 2.05. The lowest BCUT2D eigenvalue weighted by Crippen LogP contribution is -1.94. The molecule has 1 heterocycles. The number of hydrogen-bond acceptors (Lipinski definition) is 2. The van der Waals surface area contributed by atoms with Crippen molar-refractivity contribution < 1.29 is 10.2 Å². The molecule has 0 unspecified atom stereocenters. The number of nitrogens with zero attached hydrogens (tertiary/aromatic N) is 1. The number of hydrogen-bond donors (Lipinski definition) is 2. The molecule has 2 aromatic carbocycles. The van der Waals surface area contributed by atoms with Gasteiger partial charge in [0.15, 0.2) is 0 Å². The molecule has 0 amide bonds. The zero-order valence-corrected chi connectivity index (χ0v) is 11.8. The van der Waals surface area contributed by atoms with Crippen molar-refractivity contribution in [2.75, 3.05) is 0 Å². The van der Waals surface area contributed by atoms with Crippen LogP contribution < -0.4 is 0 Å². The summed E-state index contributed by atoms with van der Waals surface area (Å²) in [5.41, 5.74) is 4.36. The van der Waals surface area contributed by atoms with Crippen molar-refractivity contribution in [3.8, 4) is 33.9 Å². The summed E-state index contributed by atoms with van der Waals surface area (Å²) in [6, 6.07) is 16.6. The second-order valence-electron chi connectivity index (χ2n) is 4.99. The van der Waals surface area contributed by atoms with Crippen molar-refractivity contribution in [2.45, 2.75) is 13.5 Å². The molecule has 21 heavy (non-hydrogen) atoms. The third-order valence-electron chi connectivity index (χ3n) is 3.60. The van der Waals surface area contributed by atoms with E-state index in [1.54, 1.807) is 24.3 Å². The van der Waals surface area contributed by atoms with Crippen molar-refractivity contribution in [1.29, 1.82) is 0 Å². The van der Waals surface area contributed by atoms with Crippen LogP contribution in [0.5, 0.6) is 11.5 Å². The second kappa shape index (κ2) is 5.37. The van der Waals surface area contributed by atoms with E-state index in [0.29, 0.717) is 0 Å². The number of aryl methyl sites for hydroxylation is 1. The zero-order valence-electron chi connectivity index (χ0n) is 11.8. The minimum absolute atomic E-state index is 0.270. The SMILES string of the molecule is CCn1cc(-c2ccc(O)cc2)cc1-c1ccc(O)cc1. The standard InChI is InChI=1S/C18H17NO2/c1-2-19-12-15(13-3-7-16(20)8-4-13)11-18(19)14-5-9-17(21)10-6-14/h3-12,20-21H,2H2,1H3. The van der Waals surface area contributed by atoms with E-state index in [4.69, 9.17) is 0 Å². The van der Waals surface area contributed by atoms with E-state index in [-0.39, 0.29) is 11.5 Å². The van der Waals surface area contributed by atoms with Gasteiger partial charge in [-0.1, -0.05) is 12.1 Å². The lowest BCUT2D eigenvalue weighted by Gasteiger charge is -2.05. The molecular formula is C18H17NO2. The first kappa shape index (κ1) is 13.3. The van der Waals surface area contributed by atoms with Crippen LogP contribution in [0, 0.1) is 0 Å². The Morgan fingerprint density at radius 3 is 1.81 bits per heavy atom. The van der Waals surface area contributed by atoms with Crippen molar-refractivity contribution >= 4 is 0 Å². The predicted octanol–water partition coefficient (Wildman–Crippen LogP) is 4.25. The summed E-state index contributed by atoms with van der Waals surface area (Å²) in [5, 5.41) is 18.8. The number of benzene rings is 2. The van der Waals surface area contributed by atoms with Gasteiger partial charge in [0.1, 0.15) is 11.5 Å². The fourth-order valence-electron chi connectivity index (χ4n) is 2.46. The molecular weight excluding hydrogens is 262 g/mol. The molecule has 0 aliphatic heterocycles. The number of rotatable bonds is 3. The Hall–Kier alpha value is -2.68. The zero-order chi connectivity index (χ0) is 14.8. The summed E-state index contributed by atoms with van der Waals surface area (Å²) in [4.78, 5) is 0. The van der Waals surface area contributed by atoms with E-state index in [1.165, 1.54) is 0 Å². The van der Waals surface area contributed by atoms with E-state index >= 15 is 0 Å². The highest BCUT2D eigenvalue weighted by atomic mass is 16.3. The monoisotopic (exact) mass is 279 g/mol. The third-order valence-corrected chi connectivity index (χ3v) is 3.60. The van der Waals surface area contributed by atoms with Crippen LogP contribution in [0.15, 0.2) is 60.8 Å². The lowest BCUT2D eigenvalue weighted by atomic mass is 10.1. The van der Waals surface area contributed by atoms with Crippen LogP contribution in [-0.2, 0) is 6.54 Å². The van der Waals surface area contributed by atoms with Crippen LogP contribution in [-0.4, -0.2) is 14.8 Å². The van der Waals surface area contributed by atoms with E-state index < -0.39 is 0 Å². The third kappa shape index (κ3) is 2.63. The minimum Gasteiger partial charge on any atom is -0.508 e. The molecule has 3 rings (SSSR count). The summed E-state index contributed by atoms with van der Waals surface area (Å²) in [7, 11) is 0. The van der Waals surface area contributed by atoms with Gasteiger partial charge >= 0.3 is 0 Å². The molecule has 0 saturated heterocycles. The van der Waals surface area contributed by atoms with E-state index in [9.17, 15) is 10.2 Å². The van der Waals surface area contributed by atoms with Crippen LogP contribution in [0.1, 0.15) is 6.92 Å². The molecule has 0 radical (unpaired) electrons. The predicted molar refractivity (Wildman–Crippen MR) is 84.3 cm³/mol. The molecule has 3 aromatic rings. The summed E-state index contributed by atoms with van der Waals surface area (Å²) in [6.45, 7) is 2.97. The highest BCUT2D eigenvalue weighted by Crippen LogP contribution is 2.30. The van der Waals surface area contributed by atoms with Gasteiger partial charge in [-0.3, -0.25) is 0 Å². The number of aromatic nitrogens is 1. The Labute approximate surface area is 123 Å². The molecule has 106 valence electrons. The Bertz CT molecular complexity index is 740. The summed E-state index contributed by atoms with van der Waals surface area (Å²) in [5.74, 6) is 0.541. The normalized spacial score (nSPS) is 10.7. The van der Waals surface area contributed by atoms with Crippen LogP contribution in [0.25, 0.3) is 22.4 Å². The maximum absolute atomic E-state index is 9.41. The van der Waals surface area contributed by atoms with Crippen molar-refractivity contribution in [2.24, 2.45) is 0 Å². The first-order chi connectivity index (χ1) is 10.2. The Morgan fingerprint density at radius 2 is 1.29 bits per heavy atom. The van der Waals surface area contributed by atoms with Gasteiger partial charge in [0.25, 0.3) is 0 Å². The van der Waals surface area contributed by atoms with Gasteiger partial charge in [0, 0.05) is 18.4 Å². The number of phenols is 2. The van der Waals surface area contributed by atoms with Crippen LogP contribution in [0.4, 0.5) is 0 Å². The van der Waals surface area contributed by atoms with Gasteiger partial charge in [-0.25, -0.2) is 0 Å². The highest BCUT2D eigenvalue weighted by molar-refractivity contribution is 5.72. The first-order valence-electron chi connectivity index (χ1n) is 6.96. The average molecular weight is 279 g/mol. The average Bonchev–Trinajstić information content (AvgIpc) is 2.93. The van der Waals surface area contributed by atoms with Gasteiger partial charge in [-0.2, -0.15) is 0 Å². The van der Waals surface area contributed by atoms with Crippen LogP contribution in [0.3, 0.4) is 0 Å². The van der Waals surface area contributed by atoms with E-state index in [2.05, 4.69) is 23.8 Å². The number of aromatic hydroxyl groups is 2. The van der Waals surface area contributed by atoms with Gasteiger partial charge < -0.3 is 14.8 Å². The molecule has 0 spiro atoms.